The fourth-order valence-corrected chi connectivity index (χ4v) is 3.32. The molecule has 1 N–H and O–H groups in total. The van der Waals surface area contributed by atoms with Crippen LogP contribution in [0.2, 0.25) is 0 Å². The number of nitrogens with one attached hydrogen (secondary N) is 1. The zero-order valence-electron chi connectivity index (χ0n) is 10.3. The molecule has 0 spiro atoms. The van der Waals surface area contributed by atoms with Crippen molar-refractivity contribution in [3.05, 3.63) is 0 Å². The lowest BCUT2D eigenvalue weighted by Crippen LogP contribution is -2.27. The molecule has 0 amide bonds. The minimum atomic E-state index is 0.455. The second-order valence-electron chi connectivity index (χ2n) is 5.38. The Bertz CT molecular complexity index is 192. The second kappa shape index (κ2) is 6.83. The van der Waals surface area contributed by atoms with Crippen LogP contribution in [0.25, 0.3) is 0 Å². The molecule has 2 fully saturated rings. The summed E-state index contributed by atoms with van der Waals surface area (Å²) in [6.45, 7) is 6.31. The number of hydrogen-bond acceptors (Lipinski definition) is 2. The number of halogens is 1. The Labute approximate surface area is 105 Å². The lowest BCUT2D eigenvalue weighted by Gasteiger charge is -2.15. The van der Waals surface area contributed by atoms with Crippen molar-refractivity contribution in [3.8, 4) is 0 Å². The van der Waals surface area contributed by atoms with E-state index in [4.69, 9.17) is 11.6 Å². The highest BCUT2D eigenvalue weighted by Gasteiger charge is 2.22. The van der Waals surface area contributed by atoms with Gasteiger partial charge in [-0.2, -0.15) is 0 Å². The molecule has 2 rings (SSSR count). The average Bonchev–Trinajstić information content (AvgIpc) is 2.89. The number of rotatable bonds is 6. The van der Waals surface area contributed by atoms with Crippen LogP contribution < -0.4 is 5.32 Å². The van der Waals surface area contributed by atoms with Gasteiger partial charge < -0.3 is 10.2 Å². The Morgan fingerprint density at radius 2 is 2.00 bits per heavy atom. The van der Waals surface area contributed by atoms with Crippen molar-refractivity contribution in [1.29, 1.82) is 0 Å². The van der Waals surface area contributed by atoms with E-state index in [2.05, 4.69) is 10.2 Å². The smallest absolute Gasteiger partial charge is 0.0339 e. The molecule has 2 nitrogen and oxygen atoms in total. The van der Waals surface area contributed by atoms with Crippen LogP contribution >= 0.6 is 11.6 Å². The van der Waals surface area contributed by atoms with Crippen LogP contribution in [-0.2, 0) is 0 Å². The Hall–Kier alpha value is 0.210. The van der Waals surface area contributed by atoms with E-state index in [1.807, 2.05) is 0 Å². The highest BCUT2D eigenvalue weighted by Crippen LogP contribution is 2.28. The van der Waals surface area contributed by atoms with E-state index >= 15 is 0 Å². The zero-order valence-corrected chi connectivity index (χ0v) is 11.0. The summed E-state index contributed by atoms with van der Waals surface area (Å²) in [7, 11) is 0. The molecular weight excluding hydrogens is 220 g/mol. The van der Waals surface area contributed by atoms with Gasteiger partial charge in [-0.25, -0.2) is 0 Å². The van der Waals surface area contributed by atoms with Crippen molar-refractivity contribution in [2.75, 3.05) is 32.7 Å². The molecule has 1 aliphatic carbocycles. The number of hydrogen-bond donors (Lipinski definition) is 1. The van der Waals surface area contributed by atoms with E-state index in [0.717, 1.165) is 5.92 Å². The number of likely N-dealkylation sites (tertiary alicyclic amines) is 1. The SMILES string of the molecule is ClC1CCC(CNCCCN2CCCC2)C1. The van der Waals surface area contributed by atoms with Crippen LogP contribution in [-0.4, -0.2) is 43.0 Å². The monoisotopic (exact) mass is 244 g/mol. The van der Waals surface area contributed by atoms with Gasteiger partial charge in [-0.15, -0.1) is 11.6 Å². The summed E-state index contributed by atoms with van der Waals surface area (Å²) in [5, 5.41) is 4.04. The van der Waals surface area contributed by atoms with Crippen molar-refractivity contribution in [3.63, 3.8) is 0 Å². The fraction of sp³-hybridized carbons (Fsp3) is 1.00. The van der Waals surface area contributed by atoms with Crippen LogP contribution in [0.3, 0.4) is 0 Å². The van der Waals surface area contributed by atoms with Crippen molar-refractivity contribution in [1.82, 2.24) is 10.2 Å². The maximum Gasteiger partial charge on any atom is 0.0339 e. The molecule has 3 heteroatoms. The third kappa shape index (κ3) is 4.23. The van der Waals surface area contributed by atoms with E-state index in [1.54, 1.807) is 0 Å². The van der Waals surface area contributed by atoms with Crippen molar-refractivity contribution in [2.24, 2.45) is 5.92 Å². The average molecular weight is 245 g/mol. The quantitative estimate of drug-likeness (QED) is 0.571. The topological polar surface area (TPSA) is 15.3 Å². The number of nitrogens with zero attached hydrogens (tertiary/aromatic N) is 1. The minimum absolute atomic E-state index is 0.455. The molecule has 0 aromatic heterocycles. The van der Waals surface area contributed by atoms with Gasteiger partial charge in [-0.05, 0) is 77.2 Å². The molecule has 16 heavy (non-hydrogen) atoms. The molecule has 1 heterocycles. The molecule has 0 bridgehead atoms. The van der Waals surface area contributed by atoms with Gasteiger partial charge in [0.05, 0.1) is 0 Å². The first-order valence-electron chi connectivity index (χ1n) is 6.92. The molecule has 1 saturated heterocycles. The zero-order chi connectivity index (χ0) is 11.2. The summed E-state index contributed by atoms with van der Waals surface area (Å²) in [6.07, 6.45) is 7.89. The first-order chi connectivity index (χ1) is 7.84. The predicted octanol–water partition coefficient (Wildman–Crippen LogP) is 2.47. The molecule has 0 radical (unpaired) electrons. The maximum atomic E-state index is 6.10. The molecule has 94 valence electrons. The first-order valence-corrected chi connectivity index (χ1v) is 7.35. The van der Waals surface area contributed by atoms with Crippen molar-refractivity contribution in [2.45, 2.75) is 43.9 Å². The summed E-state index contributed by atoms with van der Waals surface area (Å²) in [4.78, 5) is 2.59. The fourth-order valence-electron chi connectivity index (χ4n) is 2.94. The van der Waals surface area contributed by atoms with Gasteiger partial charge in [0.25, 0.3) is 0 Å². The van der Waals surface area contributed by atoms with E-state index in [-0.39, 0.29) is 0 Å². The van der Waals surface area contributed by atoms with E-state index < -0.39 is 0 Å². The highest BCUT2D eigenvalue weighted by atomic mass is 35.5. The van der Waals surface area contributed by atoms with Gasteiger partial charge in [0.2, 0.25) is 0 Å². The second-order valence-corrected chi connectivity index (χ2v) is 6.00. The lowest BCUT2D eigenvalue weighted by atomic mass is 10.1. The molecule has 2 atom stereocenters. The largest absolute Gasteiger partial charge is 0.316 e. The third-order valence-corrected chi connectivity index (χ3v) is 4.33. The standard InChI is InChI=1S/C13H25ClN2/c14-13-5-4-12(10-13)11-15-6-3-9-16-7-1-2-8-16/h12-13,15H,1-11H2. The number of alkyl halides is 1. The third-order valence-electron chi connectivity index (χ3n) is 3.94. The first kappa shape index (κ1) is 12.7. The molecule has 1 saturated carbocycles. The Balaban J connectivity index is 1.43. The summed E-state index contributed by atoms with van der Waals surface area (Å²) in [5.74, 6) is 0.842. The summed E-state index contributed by atoms with van der Waals surface area (Å²) < 4.78 is 0. The molecule has 2 aliphatic rings. The highest BCUT2D eigenvalue weighted by molar-refractivity contribution is 6.20. The van der Waals surface area contributed by atoms with Crippen LogP contribution in [0.5, 0.6) is 0 Å². The van der Waals surface area contributed by atoms with E-state index in [1.165, 1.54) is 71.2 Å². The maximum absolute atomic E-state index is 6.10. The van der Waals surface area contributed by atoms with E-state index in [0.29, 0.717) is 5.38 Å². The van der Waals surface area contributed by atoms with Gasteiger partial charge in [0.15, 0.2) is 0 Å². The Morgan fingerprint density at radius 1 is 1.19 bits per heavy atom. The summed E-state index contributed by atoms with van der Waals surface area (Å²) in [6, 6.07) is 0. The molecule has 0 aromatic carbocycles. The summed E-state index contributed by atoms with van der Waals surface area (Å²) >= 11 is 6.10. The van der Waals surface area contributed by atoms with Crippen molar-refractivity contribution >= 4 is 11.6 Å². The molecular formula is C13H25ClN2. The van der Waals surface area contributed by atoms with Gasteiger partial charge in [-0.1, -0.05) is 0 Å². The van der Waals surface area contributed by atoms with Crippen LogP contribution in [0.4, 0.5) is 0 Å². The van der Waals surface area contributed by atoms with Crippen LogP contribution in [0.15, 0.2) is 0 Å². The van der Waals surface area contributed by atoms with Crippen LogP contribution in [0, 0.1) is 5.92 Å². The predicted molar refractivity (Wildman–Crippen MR) is 70.1 cm³/mol. The van der Waals surface area contributed by atoms with Gasteiger partial charge in [-0.3, -0.25) is 0 Å². The lowest BCUT2D eigenvalue weighted by molar-refractivity contribution is 0.329. The van der Waals surface area contributed by atoms with Gasteiger partial charge in [0.1, 0.15) is 0 Å². The van der Waals surface area contributed by atoms with Crippen LogP contribution in [0.1, 0.15) is 38.5 Å². The normalized spacial score (nSPS) is 31.3. The molecule has 2 unspecified atom stereocenters. The Morgan fingerprint density at radius 3 is 2.69 bits per heavy atom. The Kier molecular flexibility index (Phi) is 5.40. The minimum Gasteiger partial charge on any atom is -0.316 e. The molecule has 0 aromatic rings. The van der Waals surface area contributed by atoms with Gasteiger partial charge >= 0.3 is 0 Å². The summed E-state index contributed by atoms with van der Waals surface area (Å²) in [5.41, 5.74) is 0. The molecule has 1 aliphatic heterocycles. The van der Waals surface area contributed by atoms with Gasteiger partial charge in [0, 0.05) is 5.38 Å². The van der Waals surface area contributed by atoms with E-state index in [9.17, 15) is 0 Å². The van der Waals surface area contributed by atoms with Crippen molar-refractivity contribution < 1.29 is 0 Å².